The number of hydrogen-bond donors (Lipinski definition) is 1. The van der Waals surface area contributed by atoms with Crippen LogP contribution in [-0.4, -0.2) is 15.8 Å². The molecule has 1 aromatic heterocycles. The highest BCUT2D eigenvalue weighted by molar-refractivity contribution is 6.30. The second-order valence-electron chi connectivity index (χ2n) is 4.77. The fourth-order valence-electron chi connectivity index (χ4n) is 1.76. The van der Waals surface area contributed by atoms with E-state index in [1.165, 1.54) is 5.56 Å². The minimum absolute atomic E-state index is 0.452. The molecule has 18 heavy (non-hydrogen) atoms. The second-order valence-corrected chi connectivity index (χ2v) is 5.21. The number of aryl methyl sites for hydroxylation is 1. The van der Waals surface area contributed by atoms with Crippen molar-refractivity contribution in [2.45, 2.75) is 33.4 Å². The van der Waals surface area contributed by atoms with Gasteiger partial charge in [-0.3, -0.25) is 0 Å². The van der Waals surface area contributed by atoms with Crippen LogP contribution in [0.2, 0.25) is 5.02 Å². The summed E-state index contributed by atoms with van der Waals surface area (Å²) in [6.07, 6.45) is 3.85. The highest BCUT2D eigenvalue weighted by Crippen LogP contribution is 2.20. The first-order chi connectivity index (χ1) is 8.56. The fraction of sp³-hybridized carbons (Fsp3) is 0.357. The van der Waals surface area contributed by atoms with Gasteiger partial charge in [0.05, 0.1) is 11.9 Å². The minimum Gasteiger partial charge on any atom is -0.310 e. The summed E-state index contributed by atoms with van der Waals surface area (Å²) in [5, 5.41) is 8.49. The molecule has 0 spiro atoms. The predicted octanol–water partition coefficient (Wildman–Crippen LogP) is 3.33. The molecule has 4 heteroatoms. The zero-order chi connectivity index (χ0) is 13.1. The maximum atomic E-state index is 6.07. The lowest BCUT2D eigenvalue weighted by atomic mass is 10.1. The van der Waals surface area contributed by atoms with Crippen LogP contribution in [0.4, 0.5) is 0 Å². The fourth-order valence-corrected chi connectivity index (χ4v) is 1.92. The second kappa shape index (κ2) is 5.55. The summed E-state index contributed by atoms with van der Waals surface area (Å²) in [4.78, 5) is 0. The number of benzene rings is 1. The molecule has 0 fully saturated rings. The van der Waals surface area contributed by atoms with Gasteiger partial charge < -0.3 is 5.32 Å². The van der Waals surface area contributed by atoms with E-state index < -0.39 is 0 Å². The average molecular weight is 264 g/mol. The molecule has 0 unspecified atom stereocenters. The lowest BCUT2D eigenvalue weighted by Gasteiger charge is -2.13. The number of nitrogens with zero attached hydrogens (tertiary/aromatic N) is 2. The van der Waals surface area contributed by atoms with E-state index >= 15 is 0 Å². The van der Waals surface area contributed by atoms with E-state index in [9.17, 15) is 0 Å². The summed E-state index contributed by atoms with van der Waals surface area (Å²) in [5.41, 5.74) is 3.36. The van der Waals surface area contributed by atoms with E-state index in [4.69, 9.17) is 11.6 Å². The zero-order valence-corrected chi connectivity index (χ0v) is 11.7. The summed E-state index contributed by atoms with van der Waals surface area (Å²) < 4.78 is 1.87. The number of aromatic nitrogens is 2. The third-order valence-corrected chi connectivity index (χ3v) is 2.94. The maximum absolute atomic E-state index is 6.07. The molecular formula is C14H18ClN3. The number of hydrogen-bond acceptors (Lipinski definition) is 2. The van der Waals surface area contributed by atoms with E-state index in [2.05, 4.69) is 24.3 Å². The van der Waals surface area contributed by atoms with E-state index in [0.717, 1.165) is 22.8 Å². The van der Waals surface area contributed by atoms with Gasteiger partial charge in [0, 0.05) is 23.8 Å². The molecule has 0 aliphatic carbocycles. The Labute approximate surface area is 113 Å². The first-order valence-corrected chi connectivity index (χ1v) is 6.47. The Bertz CT molecular complexity index is 532. The monoisotopic (exact) mass is 263 g/mol. The molecule has 0 aliphatic rings. The van der Waals surface area contributed by atoms with E-state index in [0.29, 0.717) is 6.04 Å². The summed E-state index contributed by atoms with van der Waals surface area (Å²) in [6.45, 7) is 7.10. The van der Waals surface area contributed by atoms with Gasteiger partial charge in [0.2, 0.25) is 0 Å². The van der Waals surface area contributed by atoms with Crippen molar-refractivity contribution in [3.8, 4) is 5.69 Å². The smallest absolute Gasteiger partial charge is 0.0705 e. The largest absolute Gasteiger partial charge is 0.310 e. The van der Waals surface area contributed by atoms with Gasteiger partial charge in [0.25, 0.3) is 0 Å². The van der Waals surface area contributed by atoms with Gasteiger partial charge >= 0.3 is 0 Å². The van der Waals surface area contributed by atoms with Gasteiger partial charge in [-0.2, -0.15) is 5.10 Å². The Morgan fingerprint density at radius 1 is 1.39 bits per heavy atom. The molecule has 0 atom stereocenters. The molecule has 0 aliphatic heterocycles. The Morgan fingerprint density at radius 2 is 2.17 bits per heavy atom. The molecule has 0 saturated heterocycles. The van der Waals surface area contributed by atoms with Crippen LogP contribution >= 0.6 is 11.6 Å². The van der Waals surface area contributed by atoms with Gasteiger partial charge in [-0.1, -0.05) is 31.5 Å². The first-order valence-electron chi connectivity index (χ1n) is 6.09. The molecule has 2 aromatic rings. The average Bonchev–Trinajstić information content (AvgIpc) is 2.74. The van der Waals surface area contributed by atoms with Crippen LogP contribution in [0.1, 0.15) is 25.0 Å². The molecule has 0 amide bonds. The van der Waals surface area contributed by atoms with Crippen LogP contribution in [0, 0.1) is 6.92 Å². The van der Waals surface area contributed by atoms with E-state index in [1.54, 1.807) is 0 Å². The van der Waals surface area contributed by atoms with Crippen molar-refractivity contribution in [1.82, 2.24) is 15.1 Å². The van der Waals surface area contributed by atoms with Gasteiger partial charge in [0.15, 0.2) is 0 Å². The maximum Gasteiger partial charge on any atom is 0.0705 e. The van der Waals surface area contributed by atoms with Crippen LogP contribution in [-0.2, 0) is 6.54 Å². The Balaban J connectivity index is 2.34. The molecule has 0 radical (unpaired) electrons. The van der Waals surface area contributed by atoms with Crippen molar-refractivity contribution < 1.29 is 0 Å². The molecule has 96 valence electrons. The molecule has 0 saturated carbocycles. The molecule has 1 aromatic carbocycles. The minimum atomic E-state index is 0.452. The van der Waals surface area contributed by atoms with Crippen molar-refractivity contribution in [3.05, 3.63) is 46.7 Å². The third-order valence-electron chi connectivity index (χ3n) is 2.71. The highest BCUT2D eigenvalue weighted by atomic mass is 35.5. The summed E-state index contributed by atoms with van der Waals surface area (Å²) >= 11 is 6.07. The lowest BCUT2D eigenvalue weighted by Crippen LogP contribution is -2.22. The molecule has 0 bridgehead atoms. The lowest BCUT2D eigenvalue weighted by molar-refractivity contribution is 0.586. The molecule has 2 rings (SSSR count). The summed E-state index contributed by atoms with van der Waals surface area (Å²) in [6, 6.07) is 6.36. The van der Waals surface area contributed by atoms with Gasteiger partial charge in [-0.25, -0.2) is 4.68 Å². The standard InChI is InChI=1S/C14H18ClN3/c1-10(2)16-8-12-4-5-13(15)6-14(12)18-9-11(3)7-17-18/h4-7,9-10,16H,8H2,1-3H3. The third kappa shape index (κ3) is 3.12. The number of halogens is 1. The SMILES string of the molecule is Cc1cnn(-c2cc(Cl)ccc2CNC(C)C)c1. The van der Waals surface area contributed by atoms with E-state index in [-0.39, 0.29) is 0 Å². The Kier molecular flexibility index (Phi) is 4.04. The number of rotatable bonds is 4. The van der Waals surface area contributed by atoms with Crippen molar-refractivity contribution in [3.63, 3.8) is 0 Å². The van der Waals surface area contributed by atoms with Crippen molar-refractivity contribution in [1.29, 1.82) is 0 Å². The van der Waals surface area contributed by atoms with Crippen LogP contribution in [0.5, 0.6) is 0 Å². The normalized spacial score (nSPS) is 11.2. The Hall–Kier alpha value is -1.32. The van der Waals surface area contributed by atoms with Crippen LogP contribution in [0.25, 0.3) is 5.69 Å². The van der Waals surface area contributed by atoms with Crippen molar-refractivity contribution >= 4 is 11.6 Å². The quantitative estimate of drug-likeness (QED) is 0.917. The van der Waals surface area contributed by atoms with Crippen LogP contribution < -0.4 is 5.32 Å². The first kappa shape index (κ1) is 13.1. The van der Waals surface area contributed by atoms with Crippen molar-refractivity contribution in [2.75, 3.05) is 0 Å². The van der Waals surface area contributed by atoms with Crippen molar-refractivity contribution in [2.24, 2.45) is 0 Å². The molecule has 1 heterocycles. The van der Waals surface area contributed by atoms with Crippen LogP contribution in [0.3, 0.4) is 0 Å². The summed E-state index contributed by atoms with van der Waals surface area (Å²) in [5.74, 6) is 0. The van der Waals surface area contributed by atoms with Crippen LogP contribution in [0.15, 0.2) is 30.6 Å². The highest BCUT2D eigenvalue weighted by Gasteiger charge is 2.07. The topological polar surface area (TPSA) is 29.9 Å². The molecule has 1 N–H and O–H groups in total. The zero-order valence-electron chi connectivity index (χ0n) is 10.9. The van der Waals surface area contributed by atoms with E-state index in [1.807, 2.05) is 42.2 Å². The number of nitrogens with one attached hydrogen (secondary N) is 1. The predicted molar refractivity (Wildman–Crippen MR) is 75.3 cm³/mol. The van der Waals surface area contributed by atoms with Gasteiger partial charge in [-0.05, 0) is 30.2 Å². The Morgan fingerprint density at radius 3 is 2.78 bits per heavy atom. The van der Waals surface area contributed by atoms with Gasteiger partial charge in [-0.15, -0.1) is 0 Å². The summed E-state index contributed by atoms with van der Waals surface area (Å²) in [7, 11) is 0. The molecular weight excluding hydrogens is 246 g/mol. The molecule has 3 nitrogen and oxygen atoms in total. The van der Waals surface area contributed by atoms with Gasteiger partial charge in [0.1, 0.15) is 0 Å².